The second-order valence-corrected chi connectivity index (χ2v) is 6.02. The molecule has 0 aromatic heterocycles. The summed E-state index contributed by atoms with van der Waals surface area (Å²) in [7, 11) is 0. The highest BCUT2D eigenvalue weighted by molar-refractivity contribution is 5.95. The van der Waals surface area contributed by atoms with Crippen LogP contribution in [-0.2, 0) is 11.2 Å². The lowest BCUT2D eigenvalue weighted by molar-refractivity contribution is -0.117. The van der Waals surface area contributed by atoms with Crippen LogP contribution in [0.3, 0.4) is 0 Å². The van der Waals surface area contributed by atoms with Crippen molar-refractivity contribution < 1.29 is 4.79 Å². The van der Waals surface area contributed by atoms with E-state index in [1.165, 1.54) is 31.2 Å². The quantitative estimate of drug-likeness (QED) is 0.819. The van der Waals surface area contributed by atoms with Gasteiger partial charge in [-0.2, -0.15) is 0 Å². The number of rotatable bonds is 3. The highest BCUT2D eigenvalue weighted by atomic mass is 16.2. The number of fused-ring (bicyclic) bond motifs is 1. The molecule has 106 valence electrons. The molecule has 0 heterocycles. The first-order chi connectivity index (χ1) is 9.79. The minimum atomic E-state index is 0.204. The normalized spacial score (nSPS) is 28.1. The van der Waals surface area contributed by atoms with Crippen LogP contribution in [0, 0.1) is 17.8 Å². The smallest absolute Gasteiger partial charge is 0.228 e. The molecule has 0 spiro atoms. The Bertz CT molecular complexity index is 503. The third-order valence-corrected chi connectivity index (χ3v) is 4.68. The number of nitrogens with one attached hydrogen (secondary N) is 1. The summed E-state index contributed by atoms with van der Waals surface area (Å²) in [5.74, 6) is 1.48. The lowest BCUT2D eigenvalue weighted by Crippen LogP contribution is -2.15. The fraction of sp³-hybridized carbons (Fsp3) is 0.500. The van der Waals surface area contributed by atoms with Crippen LogP contribution in [-0.4, -0.2) is 5.91 Å². The van der Waals surface area contributed by atoms with E-state index < -0.39 is 0 Å². The Balaban J connectivity index is 1.62. The molecular weight excluding hydrogens is 246 g/mol. The summed E-state index contributed by atoms with van der Waals surface area (Å²) in [6.07, 6.45) is 10.5. The SMILES string of the molecule is CCc1ccc(NC(=O)[C@H]2[C@H]3C=CCCCC[C@@H]32)cc1. The van der Waals surface area contributed by atoms with Crippen LogP contribution in [0.25, 0.3) is 0 Å². The molecule has 0 aliphatic heterocycles. The number of aryl methyl sites for hydroxylation is 1. The van der Waals surface area contributed by atoms with E-state index >= 15 is 0 Å². The molecule has 0 saturated heterocycles. The van der Waals surface area contributed by atoms with Crippen LogP contribution < -0.4 is 5.32 Å². The predicted octanol–water partition coefficient (Wildman–Crippen LogP) is 4.18. The largest absolute Gasteiger partial charge is 0.326 e. The Morgan fingerprint density at radius 2 is 2.05 bits per heavy atom. The van der Waals surface area contributed by atoms with Crippen LogP contribution in [0.15, 0.2) is 36.4 Å². The molecule has 0 bridgehead atoms. The van der Waals surface area contributed by atoms with Gasteiger partial charge in [0, 0.05) is 11.6 Å². The maximum Gasteiger partial charge on any atom is 0.228 e. The molecule has 1 aromatic carbocycles. The van der Waals surface area contributed by atoms with Gasteiger partial charge in [0.2, 0.25) is 5.91 Å². The number of amides is 1. The highest BCUT2D eigenvalue weighted by Crippen LogP contribution is 2.51. The van der Waals surface area contributed by atoms with Gasteiger partial charge in [-0.3, -0.25) is 4.79 Å². The van der Waals surface area contributed by atoms with Crippen molar-refractivity contribution in [2.75, 3.05) is 5.32 Å². The molecule has 1 aromatic rings. The zero-order chi connectivity index (χ0) is 13.9. The molecule has 3 atom stereocenters. The van der Waals surface area contributed by atoms with E-state index in [4.69, 9.17) is 0 Å². The van der Waals surface area contributed by atoms with Gasteiger partial charge in [-0.1, -0.05) is 37.6 Å². The Morgan fingerprint density at radius 3 is 2.80 bits per heavy atom. The van der Waals surface area contributed by atoms with Crippen LogP contribution in [0.2, 0.25) is 0 Å². The first kappa shape index (κ1) is 13.4. The summed E-state index contributed by atoms with van der Waals surface area (Å²) in [6.45, 7) is 2.14. The van der Waals surface area contributed by atoms with E-state index in [2.05, 4.69) is 36.5 Å². The Hall–Kier alpha value is -1.57. The number of carbonyl (C=O) groups is 1. The molecule has 2 nitrogen and oxygen atoms in total. The van der Waals surface area contributed by atoms with E-state index in [0.717, 1.165) is 12.1 Å². The number of benzene rings is 1. The molecule has 2 aliphatic rings. The topological polar surface area (TPSA) is 29.1 Å². The molecule has 20 heavy (non-hydrogen) atoms. The lowest BCUT2D eigenvalue weighted by Gasteiger charge is -2.05. The summed E-state index contributed by atoms with van der Waals surface area (Å²) in [5, 5.41) is 3.08. The summed E-state index contributed by atoms with van der Waals surface area (Å²) in [6, 6.07) is 8.20. The molecular formula is C18H23NO. The van der Waals surface area contributed by atoms with Crippen molar-refractivity contribution in [3.8, 4) is 0 Å². The van der Waals surface area contributed by atoms with E-state index in [0.29, 0.717) is 11.8 Å². The second-order valence-electron chi connectivity index (χ2n) is 6.02. The van der Waals surface area contributed by atoms with Gasteiger partial charge >= 0.3 is 0 Å². The number of allylic oxidation sites excluding steroid dienone is 2. The van der Waals surface area contributed by atoms with Gasteiger partial charge < -0.3 is 5.32 Å². The minimum Gasteiger partial charge on any atom is -0.326 e. The van der Waals surface area contributed by atoms with Crippen molar-refractivity contribution in [1.29, 1.82) is 0 Å². The van der Waals surface area contributed by atoms with Gasteiger partial charge in [0.25, 0.3) is 0 Å². The highest BCUT2D eigenvalue weighted by Gasteiger charge is 2.52. The van der Waals surface area contributed by atoms with Crippen LogP contribution in [0.5, 0.6) is 0 Å². The average Bonchev–Trinajstić information content (AvgIpc) is 3.11. The fourth-order valence-electron chi connectivity index (χ4n) is 3.35. The number of hydrogen-bond acceptors (Lipinski definition) is 1. The van der Waals surface area contributed by atoms with Crippen molar-refractivity contribution >= 4 is 11.6 Å². The monoisotopic (exact) mass is 269 g/mol. The Morgan fingerprint density at radius 1 is 1.25 bits per heavy atom. The van der Waals surface area contributed by atoms with Crippen molar-refractivity contribution in [2.24, 2.45) is 17.8 Å². The van der Waals surface area contributed by atoms with Crippen molar-refractivity contribution in [3.05, 3.63) is 42.0 Å². The zero-order valence-corrected chi connectivity index (χ0v) is 12.1. The summed E-state index contributed by atoms with van der Waals surface area (Å²) in [5.41, 5.74) is 2.23. The predicted molar refractivity (Wildman–Crippen MR) is 82.5 cm³/mol. The van der Waals surface area contributed by atoms with Crippen LogP contribution in [0.1, 0.15) is 38.2 Å². The Labute approximate surface area is 121 Å². The van der Waals surface area contributed by atoms with Crippen molar-refractivity contribution in [1.82, 2.24) is 0 Å². The lowest BCUT2D eigenvalue weighted by atomic mass is 10.1. The van der Waals surface area contributed by atoms with Gasteiger partial charge in [-0.25, -0.2) is 0 Å². The summed E-state index contributed by atoms with van der Waals surface area (Å²) < 4.78 is 0. The summed E-state index contributed by atoms with van der Waals surface area (Å²) in [4.78, 5) is 12.4. The second kappa shape index (κ2) is 5.82. The number of carbonyl (C=O) groups excluding carboxylic acids is 1. The first-order valence-electron chi connectivity index (χ1n) is 7.86. The fourth-order valence-corrected chi connectivity index (χ4v) is 3.35. The standard InChI is InChI=1S/C18H23NO/c1-2-13-9-11-14(12-10-13)19-18(20)17-15-7-5-3-4-6-8-16(15)17/h5,7,9-12,15-17H,2-4,6,8H2,1H3,(H,19,20)/t15-,16-,17-/m0/s1. The van der Waals surface area contributed by atoms with Crippen LogP contribution >= 0.6 is 0 Å². The molecule has 0 unspecified atom stereocenters. The maximum atomic E-state index is 12.4. The summed E-state index contributed by atoms with van der Waals surface area (Å²) >= 11 is 0. The number of anilines is 1. The third-order valence-electron chi connectivity index (χ3n) is 4.68. The van der Waals surface area contributed by atoms with E-state index in [1.807, 2.05) is 12.1 Å². The van der Waals surface area contributed by atoms with Crippen LogP contribution in [0.4, 0.5) is 5.69 Å². The average molecular weight is 269 g/mol. The molecule has 2 aliphatic carbocycles. The molecule has 3 rings (SSSR count). The molecule has 1 saturated carbocycles. The maximum absolute atomic E-state index is 12.4. The molecule has 1 amide bonds. The number of hydrogen-bond donors (Lipinski definition) is 1. The third kappa shape index (κ3) is 2.79. The van der Waals surface area contributed by atoms with E-state index in [-0.39, 0.29) is 11.8 Å². The first-order valence-corrected chi connectivity index (χ1v) is 7.86. The minimum absolute atomic E-state index is 0.204. The van der Waals surface area contributed by atoms with Gasteiger partial charge in [-0.15, -0.1) is 0 Å². The molecule has 1 fully saturated rings. The van der Waals surface area contributed by atoms with E-state index in [1.54, 1.807) is 0 Å². The molecule has 0 radical (unpaired) electrons. The van der Waals surface area contributed by atoms with Crippen molar-refractivity contribution in [3.63, 3.8) is 0 Å². The van der Waals surface area contributed by atoms with Gasteiger partial charge in [0.1, 0.15) is 0 Å². The molecule has 2 heteroatoms. The molecule has 1 N–H and O–H groups in total. The van der Waals surface area contributed by atoms with Crippen molar-refractivity contribution in [2.45, 2.75) is 39.0 Å². The Kier molecular flexibility index (Phi) is 3.90. The van der Waals surface area contributed by atoms with Gasteiger partial charge in [0.05, 0.1) is 0 Å². The van der Waals surface area contributed by atoms with E-state index in [9.17, 15) is 4.79 Å². The zero-order valence-electron chi connectivity index (χ0n) is 12.1. The van der Waals surface area contributed by atoms with Gasteiger partial charge in [-0.05, 0) is 55.2 Å². The van der Waals surface area contributed by atoms with Gasteiger partial charge in [0.15, 0.2) is 0 Å².